The Balaban J connectivity index is 2.07. The van der Waals surface area contributed by atoms with Crippen LogP contribution in [0.25, 0.3) is 11.3 Å². The molecule has 0 aliphatic carbocycles. The lowest BCUT2D eigenvalue weighted by molar-refractivity contribution is -0.128. The summed E-state index contributed by atoms with van der Waals surface area (Å²) >= 11 is 1.56. The number of carbonyl (C=O) groups is 1. The fraction of sp³-hybridized carbons (Fsp3) is 0.167. The zero-order valence-electron chi connectivity index (χ0n) is 9.13. The van der Waals surface area contributed by atoms with Crippen LogP contribution in [0.5, 0.6) is 0 Å². The van der Waals surface area contributed by atoms with Gasteiger partial charge in [-0.25, -0.2) is 4.98 Å². The lowest BCUT2D eigenvalue weighted by Crippen LogP contribution is -1.95. The molecule has 0 saturated heterocycles. The molecule has 1 aromatic heterocycles. The summed E-state index contributed by atoms with van der Waals surface area (Å²) in [5, 5.41) is 2.94. The van der Waals surface area contributed by atoms with Gasteiger partial charge in [-0.2, -0.15) is 0 Å². The summed E-state index contributed by atoms with van der Waals surface area (Å²) in [5.74, 6) is 0. The van der Waals surface area contributed by atoms with E-state index in [1.54, 1.807) is 11.3 Å². The van der Waals surface area contributed by atoms with Crippen LogP contribution >= 0.6 is 11.3 Å². The molecule has 4 nitrogen and oxygen atoms in total. The molecule has 0 unspecified atom stereocenters. The summed E-state index contributed by atoms with van der Waals surface area (Å²) in [6, 6.07) is 7.58. The molecular formula is C12H12N2O2S. The monoisotopic (exact) mass is 248 g/mol. The summed E-state index contributed by atoms with van der Waals surface area (Å²) in [4.78, 5) is 14.5. The van der Waals surface area contributed by atoms with Gasteiger partial charge in [0.1, 0.15) is 0 Å². The van der Waals surface area contributed by atoms with Crippen LogP contribution in [0.2, 0.25) is 0 Å². The van der Waals surface area contributed by atoms with Crippen molar-refractivity contribution in [3.05, 3.63) is 34.7 Å². The van der Waals surface area contributed by atoms with Gasteiger partial charge in [0.15, 0.2) is 0 Å². The van der Waals surface area contributed by atoms with Crippen molar-refractivity contribution in [1.82, 2.24) is 4.98 Å². The highest BCUT2D eigenvalue weighted by Crippen LogP contribution is 2.22. The summed E-state index contributed by atoms with van der Waals surface area (Å²) in [6.45, 7) is 0.826. The van der Waals surface area contributed by atoms with Gasteiger partial charge in [-0.3, -0.25) is 4.79 Å². The average molecular weight is 248 g/mol. The van der Waals surface area contributed by atoms with E-state index in [1.165, 1.54) is 0 Å². The molecule has 88 valence electrons. The zero-order valence-corrected chi connectivity index (χ0v) is 9.94. The van der Waals surface area contributed by atoms with Crippen molar-refractivity contribution in [1.29, 1.82) is 0 Å². The third-order valence-electron chi connectivity index (χ3n) is 2.26. The van der Waals surface area contributed by atoms with Crippen molar-refractivity contribution >= 4 is 23.5 Å². The average Bonchev–Trinajstić information content (AvgIpc) is 2.79. The Morgan fingerprint density at radius 2 is 2.12 bits per heavy atom. The summed E-state index contributed by atoms with van der Waals surface area (Å²) in [7, 11) is 0. The van der Waals surface area contributed by atoms with Gasteiger partial charge in [0.05, 0.1) is 17.3 Å². The number of carbonyl (C=O) groups excluding carboxylic acids is 1. The van der Waals surface area contributed by atoms with Crippen LogP contribution < -0.4 is 5.73 Å². The number of ether oxygens (including phenoxy) is 1. The Bertz CT molecular complexity index is 493. The van der Waals surface area contributed by atoms with Crippen molar-refractivity contribution < 1.29 is 9.53 Å². The molecule has 0 aliphatic rings. The SMILES string of the molecule is Nc1ccc(-c2csc(CCOC=O)n2)cc1. The minimum Gasteiger partial charge on any atom is -0.467 e. The zero-order chi connectivity index (χ0) is 12.1. The highest BCUT2D eigenvalue weighted by molar-refractivity contribution is 7.09. The van der Waals surface area contributed by atoms with Gasteiger partial charge in [0.25, 0.3) is 6.47 Å². The van der Waals surface area contributed by atoms with E-state index < -0.39 is 0 Å². The summed E-state index contributed by atoms with van der Waals surface area (Å²) in [6.07, 6.45) is 0.651. The number of aromatic nitrogens is 1. The first kappa shape index (κ1) is 11.6. The normalized spacial score (nSPS) is 10.1. The Morgan fingerprint density at radius 1 is 1.35 bits per heavy atom. The van der Waals surface area contributed by atoms with Gasteiger partial charge in [-0.1, -0.05) is 12.1 Å². The first-order valence-corrected chi connectivity index (χ1v) is 6.03. The molecule has 0 saturated carbocycles. The van der Waals surface area contributed by atoms with Crippen LogP contribution in [0.3, 0.4) is 0 Å². The molecule has 0 spiro atoms. The van der Waals surface area contributed by atoms with E-state index in [4.69, 9.17) is 5.73 Å². The minimum absolute atomic E-state index is 0.373. The van der Waals surface area contributed by atoms with Crippen molar-refractivity contribution in [3.8, 4) is 11.3 Å². The predicted octanol–water partition coefficient (Wildman–Crippen LogP) is 2.11. The van der Waals surface area contributed by atoms with Crippen LogP contribution in [0.15, 0.2) is 29.6 Å². The molecule has 0 atom stereocenters. The van der Waals surface area contributed by atoms with E-state index in [-0.39, 0.29) is 0 Å². The van der Waals surface area contributed by atoms with Gasteiger partial charge in [-0.05, 0) is 12.1 Å². The van der Waals surface area contributed by atoms with Crippen molar-refractivity contribution in [2.24, 2.45) is 0 Å². The Labute approximate surface area is 103 Å². The number of rotatable bonds is 5. The molecule has 2 rings (SSSR count). The van der Waals surface area contributed by atoms with Crippen LogP contribution in [0.4, 0.5) is 5.69 Å². The third-order valence-corrected chi connectivity index (χ3v) is 3.17. The van der Waals surface area contributed by atoms with Crippen molar-refractivity contribution in [2.75, 3.05) is 12.3 Å². The summed E-state index contributed by atoms with van der Waals surface area (Å²) in [5.41, 5.74) is 8.33. The molecule has 1 heterocycles. The lowest BCUT2D eigenvalue weighted by Gasteiger charge is -1.97. The smallest absolute Gasteiger partial charge is 0.293 e. The van der Waals surface area contributed by atoms with Crippen molar-refractivity contribution in [2.45, 2.75) is 6.42 Å². The molecule has 0 bridgehead atoms. The van der Waals surface area contributed by atoms with E-state index in [1.807, 2.05) is 29.6 Å². The van der Waals surface area contributed by atoms with Crippen LogP contribution in [-0.4, -0.2) is 18.1 Å². The van der Waals surface area contributed by atoms with Crippen LogP contribution in [0.1, 0.15) is 5.01 Å². The molecule has 0 fully saturated rings. The number of nitrogens with zero attached hydrogens (tertiary/aromatic N) is 1. The lowest BCUT2D eigenvalue weighted by atomic mass is 10.1. The topological polar surface area (TPSA) is 65.2 Å². The number of hydrogen-bond donors (Lipinski definition) is 1. The number of anilines is 1. The van der Waals surface area contributed by atoms with Crippen molar-refractivity contribution in [3.63, 3.8) is 0 Å². The van der Waals surface area contributed by atoms with E-state index in [0.717, 1.165) is 22.0 Å². The third kappa shape index (κ3) is 3.04. The molecule has 5 heteroatoms. The number of nitrogens with two attached hydrogens (primary N) is 1. The Kier molecular flexibility index (Phi) is 3.72. The highest BCUT2D eigenvalue weighted by atomic mass is 32.1. The largest absolute Gasteiger partial charge is 0.467 e. The van der Waals surface area contributed by atoms with Gasteiger partial charge >= 0.3 is 0 Å². The van der Waals surface area contributed by atoms with Gasteiger partial charge in [-0.15, -0.1) is 11.3 Å². The first-order valence-electron chi connectivity index (χ1n) is 5.15. The number of nitrogen functional groups attached to an aromatic ring is 1. The van der Waals surface area contributed by atoms with E-state index in [9.17, 15) is 4.79 Å². The molecule has 1 aromatic carbocycles. The van der Waals surface area contributed by atoms with E-state index >= 15 is 0 Å². The van der Waals surface area contributed by atoms with Crippen LogP contribution in [-0.2, 0) is 16.0 Å². The van der Waals surface area contributed by atoms with Gasteiger partial charge in [0.2, 0.25) is 0 Å². The molecule has 0 aliphatic heterocycles. The van der Waals surface area contributed by atoms with E-state index in [0.29, 0.717) is 19.5 Å². The molecule has 0 amide bonds. The number of thiazole rings is 1. The number of hydrogen-bond acceptors (Lipinski definition) is 5. The molecule has 2 N–H and O–H groups in total. The van der Waals surface area contributed by atoms with Crippen LogP contribution in [0, 0.1) is 0 Å². The fourth-order valence-corrected chi connectivity index (χ4v) is 2.20. The first-order chi connectivity index (χ1) is 8.29. The molecule has 2 aromatic rings. The Morgan fingerprint density at radius 3 is 2.82 bits per heavy atom. The summed E-state index contributed by atoms with van der Waals surface area (Å²) < 4.78 is 4.64. The molecule has 17 heavy (non-hydrogen) atoms. The quantitative estimate of drug-likeness (QED) is 0.500. The fourth-order valence-electron chi connectivity index (χ4n) is 1.41. The maximum absolute atomic E-state index is 10.0. The second kappa shape index (κ2) is 5.45. The maximum Gasteiger partial charge on any atom is 0.293 e. The maximum atomic E-state index is 10.0. The molecule has 0 radical (unpaired) electrons. The van der Waals surface area contributed by atoms with Gasteiger partial charge in [0, 0.05) is 23.1 Å². The van der Waals surface area contributed by atoms with Gasteiger partial charge < -0.3 is 10.5 Å². The predicted molar refractivity (Wildman–Crippen MR) is 67.7 cm³/mol. The standard InChI is InChI=1S/C12H12N2O2S/c13-10-3-1-9(2-4-10)11-7-17-12(14-11)5-6-16-8-15/h1-4,7-8H,5-6,13H2. The minimum atomic E-state index is 0.373. The number of benzene rings is 1. The Hall–Kier alpha value is -1.88. The van der Waals surface area contributed by atoms with E-state index in [2.05, 4.69) is 9.72 Å². The highest BCUT2D eigenvalue weighted by Gasteiger charge is 2.04. The second-order valence-corrected chi connectivity index (χ2v) is 4.41. The second-order valence-electron chi connectivity index (χ2n) is 3.47. The molecular weight excluding hydrogens is 236 g/mol.